The zero-order chi connectivity index (χ0) is 12.5. The lowest BCUT2D eigenvalue weighted by Crippen LogP contribution is -2.35. The molecule has 0 bridgehead atoms. The standard InChI is InChI=1S/C14H21N3/c1-4-14(5-2,9-15)13-16-11-8-6-7-10(3)12(11)17-13/h6-8H,4-5,9,15H2,1-3H3,(H,16,17). The lowest BCUT2D eigenvalue weighted by Gasteiger charge is -2.27. The van der Waals surface area contributed by atoms with Gasteiger partial charge in [0.2, 0.25) is 0 Å². The van der Waals surface area contributed by atoms with Crippen molar-refractivity contribution in [2.75, 3.05) is 6.54 Å². The average molecular weight is 231 g/mol. The van der Waals surface area contributed by atoms with E-state index < -0.39 is 0 Å². The van der Waals surface area contributed by atoms with E-state index in [0.29, 0.717) is 6.54 Å². The topological polar surface area (TPSA) is 54.7 Å². The quantitative estimate of drug-likeness (QED) is 0.850. The molecule has 0 aliphatic rings. The summed E-state index contributed by atoms with van der Waals surface area (Å²) in [5.74, 6) is 1.04. The highest BCUT2D eigenvalue weighted by Crippen LogP contribution is 2.30. The van der Waals surface area contributed by atoms with Crippen LogP contribution in [0.4, 0.5) is 0 Å². The van der Waals surface area contributed by atoms with Crippen LogP contribution in [-0.2, 0) is 5.41 Å². The molecule has 92 valence electrons. The van der Waals surface area contributed by atoms with Crippen molar-refractivity contribution in [2.24, 2.45) is 5.73 Å². The molecule has 3 nitrogen and oxygen atoms in total. The highest BCUT2D eigenvalue weighted by atomic mass is 14.9. The maximum atomic E-state index is 5.96. The van der Waals surface area contributed by atoms with E-state index in [1.54, 1.807) is 0 Å². The Bertz CT molecular complexity index is 501. The zero-order valence-electron chi connectivity index (χ0n) is 10.9. The Balaban J connectivity index is 2.59. The van der Waals surface area contributed by atoms with Gasteiger partial charge in [-0.1, -0.05) is 26.0 Å². The number of aromatic nitrogens is 2. The zero-order valence-corrected chi connectivity index (χ0v) is 10.9. The molecule has 3 N–H and O–H groups in total. The first-order chi connectivity index (χ1) is 8.16. The van der Waals surface area contributed by atoms with Crippen molar-refractivity contribution in [1.82, 2.24) is 9.97 Å². The van der Waals surface area contributed by atoms with Gasteiger partial charge in [0.15, 0.2) is 0 Å². The number of imidazole rings is 1. The number of fused-ring (bicyclic) bond motifs is 1. The lowest BCUT2D eigenvalue weighted by atomic mass is 9.82. The Morgan fingerprint density at radius 2 is 2.00 bits per heavy atom. The smallest absolute Gasteiger partial charge is 0.114 e. The summed E-state index contributed by atoms with van der Waals surface area (Å²) in [4.78, 5) is 8.20. The molecular weight excluding hydrogens is 210 g/mol. The Labute approximate surface area is 102 Å². The van der Waals surface area contributed by atoms with Crippen LogP contribution in [0.15, 0.2) is 18.2 Å². The summed E-state index contributed by atoms with van der Waals surface area (Å²) in [6.07, 6.45) is 2.03. The van der Waals surface area contributed by atoms with Gasteiger partial charge in [0.1, 0.15) is 5.82 Å². The first kappa shape index (κ1) is 12.1. The van der Waals surface area contributed by atoms with Crippen LogP contribution in [0.1, 0.15) is 38.1 Å². The number of benzene rings is 1. The molecule has 17 heavy (non-hydrogen) atoms. The highest BCUT2D eigenvalue weighted by Gasteiger charge is 2.30. The van der Waals surface area contributed by atoms with Gasteiger partial charge in [0.05, 0.1) is 11.0 Å². The van der Waals surface area contributed by atoms with Crippen molar-refractivity contribution >= 4 is 11.0 Å². The van der Waals surface area contributed by atoms with Crippen molar-refractivity contribution in [1.29, 1.82) is 0 Å². The second-order valence-corrected chi connectivity index (χ2v) is 4.75. The van der Waals surface area contributed by atoms with Gasteiger partial charge in [0.25, 0.3) is 0 Å². The maximum absolute atomic E-state index is 5.96. The van der Waals surface area contributed by atoms with E-state index in [0.717, 1.165) is 29.7 Å². The predicted molar refractivity (Wildman–Crippen MR) is 72.1 cm³/mol. The largest absolute Gasteiger partial charge is 0.341 e. The minimum Gasteiger partial charge on any atom is -0.341 e. The van der Waals surface area contributed by atoms with Crippen LogP contribution in [0.25, 0.3) is 11.0 Å². The summed E-state index contributed by atoms with van der Waals surface area (Å²) in [6, 6.07) is 6.22. The van der Waals surface area contributed by atoms with Crippen molar-refractivity contribution < 1.29 is 0 Å². The Morgan fingerprint density at radius 1 is 1.29 bits per heavy atom. The van der Waals surface area contributed by atoms with Crippen LogP contribution in [-0.4, -0.2) is 16.5 Å². The lowest BCUT2D eigenvalue weighted by molar-refractivity contribution is 0.387. The van der Waals surface area contributed by atoms with Gasteiger partial charge in [-0.2, -0.15) is 0 Å². The molecule has 0 aliphatic carbocycles. The summed E-state index contributed by atoms with van der Waals surface area (Å²) in [7, 11) is 0. The van der Waals surface area contributed by atoms with E-state index in [-0.39, 0.29) is 5.41 Å². The number of hydrogen-bond acceptors (Lipinski definition) is 2. The SMILES string of the molecule is CCC(CC)(CN)c1nc2c(C)cccc2[nH]1. The van der Waals surface area contributed by atoms with E-state index in [1.807, 2.05) is 0 Å². The first-order valence-corrected chi connectivity index (χ1v) is 6.32. The highest BCUT2D eigenvalue weighted by molar-refractivity contribution is 5.78. The summed E-state index contributed by atoms with van der Waals surface area (Å²) in [6.45, 7) is 7.08. The molecule has 0 atom stereocenters. The predicted octanol–water partition coefficient (Wildman–Crippen LogP) is 2.89. The van der Waals surface area contributed by atoms with E-state index in [4.69, 9.17) is 10.7 Å². The van der Waals surface area contributed by atoms with E-state index in [9.17, 15) is 0 Å². The molecule has 0 saturated heterocycles. The Hall–Kier alpha value is -1.35. The van der Waals surface area contributed by atoms with Crippen LogP contribution < -0.4 is 5.73 Å². The van der Waals surface area contributed by atoms with Gasteiger partial charge in [-0.3, -0.25) is 0 Å². The van der Waals surface area contributed by atoms with Crippen molar-refractivity contribution in [2.45, 2.75) is 39.0 Å². The number of nitrogens with two attached hydrogens (primary N) is 1. The summed E-state index contributed by atoms with van der Waals surface area (Å²) in [5.41, 5.74) is 9.35. The van der Waals surface area contributed by atoms with Crippen LogP contribution in [0.3, 0.4) is 0 Å². The normalized spacial score (nSPS) is 12.2. The molecule has 0 amide bonds. The number of nitrogens with zero attached hydrogens (tertiary/aromatic N) is 1. The summed E-state index contributed by atoms with van der Waals surface area (Å²) < 4.78 is 0. The Kier molecular flexibility index (Phi) is 3.20. The van der Waals surface area contributed by atoms with E-state index >= 15 is 0 Å². The van der Waals surface area contributed by atoms with Crippen LogP contribution in [0.2, 0.25) is 0 Å². The number of hydrogen-bond donors (Lipinski definition) is 2. The summed E-state index contributed by atoms with van der Waals surface area (Å²) >= 11 is 0. The van der Waals surface area contributed by atoms with Gasteiger partial charge in [0, 0.05) is 12.0 Å². The summed E-state index contributed by atoms with van der Waals surface area (Å²) in [5, 5.41) is 0. The van der Waals surface area contributed by atoms with Crippen LogP contribution in [0.5, 0.6) is 0 Å². The van der Waals surface area contributed by atoms with Crippen molar-refractivity contribution in [3.63, 3.8) is 0 Å². The average Bonchev–Trinajstić information content (AvgIpc) is 2.78. The molecule has 2 aromatic rings. The third-order valence-electron chi connectivity index (χ3n) is 3.96. The molecule has 0 unspecified atom stereocenters. The number of rotatable bonds is 4. The van der Waals surface area contributed by atoms with Crippen molar-refractivity contribution in [3.8, 4) is 0 Å². The molecule has 1 heterocycles. The van der Waals surface area contributed by atoms with Gasteiger partial charge < -0.3 is 10.7 Å². The molecule has 3 heteroatoms. The molecule has 0 spiro atoms. The molecule has 0 fully saturated rings. The van der Waals surface area contributed by atoms with Gasteiger partial charge >= 0.3 is 0 Å². The van der Waals surface area contributed by atoms with E-state index in [2.05, 4.69) is 44.0 Å². The molecule has 1 aromatic carbocycles. The third-order valence-corrected chi connectivity index (χ3v) is 3.96. The van der Waals surface area contributed by atoms with Gasteiger partial charge in [-0.25, -0.2) is 4.98 Å². The number of para-hydroxylation sites is 1. The minimum atomic E-state index is -0.00847. The molecule has 2 rings (SSSR count). The van der Waals surface area contributed by atoms with Crippen molar-refractivity contribution in [3.05, 3.63) is 29.6 Å². The molecule has 0 radical (unpaired) electrons. The fourth-order valence-corrected chi connectivity index (χ4v) is 2.40. The van der Waals surface area contributed by atoms with Crippen LogP contribution in [0, 0.1) is 6.92 Å². The minimum absolute atomic E-state index is 0.00847. The second-order valence-electron chi connectivity index (χ2n) is 4.75. The number of H-pyrrole nitrogens is 1. The first-order valence-electron chi connectivity index (χ1n) is 6.32. The fourth-order valence-electron chi connectivity index (χ4n) is 2.40. The number of nitrogens with one attached hydrogen (secondary N) is 1. The maximum Gasteiger partial charge on any atom is 0.114 e. The number of aromatic amines is 1. The monoisotopic (exact) mass is 231 g/mol. The second kappa shape index (κ2) is 4.49. The molecule has 0 saturated carbocycles. The number of aryl methyl sites for hydroxylation is 1. The van der Waals surface area contributed by atoms with Crippen LogP contribution >= 0.6 is 0 Å². The van der Waals surface area contributed by atoms with Gasteiger partial charge in [-0.15, -0.1) is 0 Å². The molecule has 1 aromatic heterocycles. The molecular formula is C14H21N3. The molecule has 0 aliphatic heterocycles. The third kappa shape index (κ3) is 1.84. The Morgan fingerprint density at radius 3 is 2.53 bits per heavy atom. The fraction of sp³-hybridized carbons (Fsp3) is 0.500. The van der Waals surface area contributed by atoms with Gasteiger partial charge in [-0.05, 0) is 31.4 Å². The van der Waals surface area contributed by atoms with E-state index in [1.165, 1.54) is 5.56 Å².